The van der Waals surface area contributed by atoms with Gasteiger partial charge in [0, 0.05) is 5.41 Å². The third-order valence-corrected chi connectivity index (χ3v) is 3.67. The molecule has 0 spiro atoms. The molecular formula is C12H24O2. The molecule has 1 atom stereocenters. The first-order valence-electron chi connectivity index (χ1n) is 5.59. The van der Waals surface area contributed by atoms with E-state index in [4.69, 9.17) is 9.78 Å². The molecule has 1 aliphatic heterocycles. The van der Waals surface area contributed by atoms with Crippen molar-refractivity contribution in [2.45, 2.75) is 60.7 Å². The fourth-order valence-electron chi connectivity index (χ4n) is 1.68. The Labute approximate surface area is 87.9 Å². The van der Waals surface area contributed by atoms with Crippen molar-refractivity contribution in [2.24, 2.45) is 16.7 Å². The van der Waals surface area contributed by atoms with E-state index in [1.165, 1.54) is 12.8 Å². The minimum atomic E-state index is 0.0150. The Morgan fingerprint density at radius 3 is 1.86 bits per heavy atom. The highest BCUT2D eigenvalue weighted by molar-refractivity contribution is 4.91. The largest absolute Gasteiger partial charge is 0.230 e. The highest BCUT2D eigenvalue weighted by atomic mass is 17.4. The zero-order valence-electron chi connectivity index (χ0n) is 10.4. The van der Waals surface area contributed by atoms with Crippen molar-refractivity contribution in [1.82, 2.24) is 0 Å². The lowest BCUT2D eigenvalue weighted by molar-refractivity contribution is 0.0510. The van der Waals surface area contributed by atoms with E-state index in [0.717, 1.165) is 5.92 Å². The standard InChI is InChI=1S/C12H24O2/c1-9(2)7-8-12(6,10-13-14-10)11(3,4)5/h9-10H,7-8H2,1-6H3. The Kier molecular flexibility index (Phi) is 3.27. The molecule has 0 amide bonds. The average Bonchev–Trinajstić information content (AvgIpc) is 2.79. The van der Waals surface area contributed by atoms with E-state index in [-0.39, 0.29) is 17.1 Å². The summed E-state index contributed by atoms with van der Waals surface area (Å²) in [6, 6.07) is 0. The lowest BCUT2D eigenvalue weighted by atomic mass is 9.64. The topological polar surface area (TPSA) is 25.1 Å². The molecular weight excluding hydrogens is 176 g/mol. The third kappa shape index (κ3) is 2.48. The van der Waals surface area contributed by atoms with Gasteiger partial charge in [-0.15, -0.1) is 0 Å². The first-order chi connectivity index (χ1) is 6.27. The van der Waals surface area contributed by atoms with Gasteiger partial charge in [0.15, 0.2) is 0 Å². The smallest absolute Gasteiger partial charge is 0.198 e. The van der Waals surface area contributed by atoms with Gasteiger partial charge in [-0.25, -0.2) is 0 Å². The molecule has 2 heteroatoms. The Bertz CT molecular complexity index is 189. The summed E-state index contributed by atoms with van der Waals surface area (Å²) in [5, 5.41) is 0. The van der Waals surface area contributed by atoms with Gasteiger partial charge >= 0.3 is 0 Å². The summed E-state index contributed by atoms with van der Waals surface area (Å²) in [5.41, 5.74) is 0.361. The molecule has 1 fully saturated rings. The molecule has 1 saturated heterocycles. The summed E-state index contributed by atoms with van der Waals surface area (Å²) in [4.78, 5) is 10.1. The van der Waals surface area contributed by atoms with Crippen molar-refractivity contribution in [1.29, 1.82) is 0 Å². The van der Waals surface area contributed by atoms with Crippen molar-refractivity contribution >= 4 is 0 Å². The van der Waals surface area contributed by atoms with Crippen LogP contribution in [0.4, 0.5) is 0 Å². The van der Waals surface area contributed by atoms with Crippen molar-refractivity contribution in [2.75, 3.05) is 0 Å². The normalized spacial score (nSPS) is 22.5. The van der Waals surface area contributed by atoms with Crippen LogP contribution in [0.1, 0.15) is 54.4 Å². The quantitative estimate of drug-likeness (QED) is 0.510. The van der Waals surface area contributed by atoms with Crippen LogP contribution in [0.2, 0.25) is 0 Å². The second-order valence-electron chi connectivity index (χ2n) is 6.12. The molecule has 0 aromatic rings. The molecule has 84 valence electrons. The molecule has 0 aliphatic carbocycles. The lowest BCUT2D eigenvalue weighted by Gasteiger charge is -2.39. The minimum absolute atomic E-state index is 0.0150. The van der Waals surface area contributed by atoms with E-state index < -0.39 is 0 Å². The first-order valence-corrected chi connectivity index (χ1v) is 5.59. The van der Waals surface area contributed by atoms with Gasteiger partial charge in [0.2, 0.25) is 6.29 Å². The summed E-state index contributed by atoms with van der Waals surface area (Å²) in [6.07, 6.45) is 2.41. The summed E-state index contributed by atoms with van der Waals surface area (Å²) in [6.45, 7) is 13.6. The SMILES string of the molecule is CC(C)CCC(C)(C1OO1)C(C)(C)C. The molecule has 1 rings (SSSR count). The number of rotatable bonds is 4. The zero-order chi connectivity index (χ0) is 11.0. The molecule has 0 saturated carbocycles. The van der Waals surface area contributed by atoms with Gasteiger partial charge < -0.3 is 0 Å². The minimum Gasteiger partial charge on any atom is -0.198 e. The lowest BCUT2D eigenvalue weighted by Crippen LogP contribution is -2.38. The first kappa shape index (κ1) is 12.0. The Morgan fingerprint density at radius 2 is 1.57 bits per heavy atom. The average molecular weight is 200 g/mol. The Balaban J connectivity index is 2.62. The highest BCUT2D eigenvalue weighted by Crippen LogP contribution is 2.51. The predicted molar refractivity (Wildman–Crippen MR) is 57.6 cm³/mol. The van der Waals surface area contributed by atoms with Crippen LogP contribution in [0.5, 0.6) is 0 Å². The van der Waals surface area contributed by atoms with Crippen molar-refractivity contribution < 1.29 is 9.78 Å². The molecule has 0 aromatic heterocycles. The van der Waals surface area contributed by atoms with Crippen molar-refractivity contribution in [3.8, 4) is 0 Å². The van der Waals surface area contributed by atoms with E-state index in [2.05, 4.69) is 41.5 Å². The fraction of sp³-hybridized carbons (Fsp3) is 1.00. The van der Waals surface area contributed by atoms with Gasteiger partial charge in [0.25, 0.3) is 0 Å². The molecule has 14 heavy (non-hydrogen) atoms. The number of hydrogen-bond donors (Lipinski definition) is 0. The van der Waals surface area contributed by atoms with E-state index >= 15 is 0 Å². The van der Waals surface area contributed by atoms with Gasteiger partial charge in [0.05, 0.1) is 0 Å². The van der Waals surface area contributed by atoms with Gasteiger partial charge in [-0.1, -0.05) is 48.0 Å². The van der Waals surface area contributed by atoms with Crippen LogP contribution in [0.15, 0.2) is 0 Å². The van der Waals surface area contributed by atoms with E-state index in [0.29, 0.717) is 0 Å². The van der Waals surface area contributed by atoms with Crippen LogP contribution >= 0.6 is 0 Å². The van der Waals surface area contributed by atoms with Gasteiger partial charge in [0.1, 0.15) is 0 Å². The summed E-state index contributed by atoms with van der Waals surface area (Å²) >= 11 is 0. The van der Waals surface area contributed by atoms with Gasteiger partial charge in [-0.3, -0.25) is 0 Å². The molecule has 1 unspecified atom stereocenters. The summed E-state index contributed by atoms with van der Waals surface area (Å²) < 4.78 is 0. The second kappa shape index (κ2) is 3.82. The maximum absolute atomic E-state index is 5.03. The predicted octanol–water partition coefficient (Wildman–Crippen LogP) is 3.76. The molecule has 1 heterocycles. The molecule has 0 aromatic carbocycles. The van der Waals surface area contributed by atoms with Crippen molar-refractivity contribution in [3.05, 3.63) is 0 Å². The van der Waals surface area contributed by atoms with Crippen LogP contribution in [0.25, 0.3) is 0 Å². The highest BCUT2D eigenvalue weighted by Gasteiger charge is 2.52. The van der Waals surface area contributed by atoms with Gasteiger partial charge in [-0.2, -0.15) is 9.78 Å². The van der Waals surface area contributed by atoms with Gasteiger partial charge in [-0.05, 0) is 17.8 Å². The molecule has 0 bridgehead atoms. The van der Waals surface area contributed by atoms with Crippen LogP contribution in [-0.4, -0.2) is 6.29 Å². The third-order valence-electron chi connectivity index (χ3n) is 3.67. The zero-order valence-corrected chi connectivity index (χ0v) is 10.4. The van der Waals surface area contributed by atoms with Crippen LogP contribution in [-0.2, 0) is 9.78 Å². The summed E-state index contributed by atoms with van der Waals surface area (Å²) in [5.74, 6) is 0.746. The van der Waals surface area contributed by atoms with Crippen LogP contribution in [0.3, 0.4) is 0 Å². The molecule has 0 N–H and O–H groups in total. The second-order valence-corrected chi connectivity index (χ2v) is 6.12. The van der Waals surface area contributed by atoms with E-state index in [1.807, 2.05) is 0 Å². The monoisotopic (exact) mass is 200 g/mol. The maximum Gasteiger partial charge on any atom is 0.230 e. The van der Waals surface area contributed by atoms with Crippen LogP contribution in [0, 0.1) is 16.7 Å². The maximum atomic E-state index is 5.03. The van der Waals surface area contributed by atoms with E-state index in [9.17, 15) is 0 Å². The van der Waals surface area contributed by atoms with Crippen molar-refractivity contribution in [3.63, 3.8) is 0 Å². The fourth-order valence-corrected chi connectivity index (χ4v) is 1.68. The van der Waals surface area contributed by atoms with Crippen LogP contribution < -0.4 is 0 Å². The van der Waals surface area contributed by atoms with E-state index in [1.54, 1.807) is 0 Å². The number of hydrogen-bond acceptors (Lipinski definition) is 2. The summed E-state index contributed by atoms with van der Waals surface area (Å²) in [7, 11) is 0. The molecule has 2 nitrogen and oxygen atoms in total. The molecule has 0 radical (unpaired) electrons. The molecule has 1 aliphatic rings. The Morgan fingerprint density at radius 1 is 1.07 bits per heavy atom. The Hall–Kier alpha value is -0.0800.